The highest BCUT2D eigenvalue weighted by molar-refractivity contribution is 5.36. The Balaban J connectivity index is 2.35. The zero-order chi connectivity index (χ0) is 10.7. The van der Waals surface area contributed by atoms with Crippen LogP contribution in [0.4, 0.5) is 0 Å². The molecule has 1 unspecified atom stereocenters. The lowest BCUT2D eigenvalue weighted by Crippen LogP contribution is -1.95. The molecule has 1 atom stereocenters. The van der Waals surface area contributed by atoms with Crippen LogP contribution in [0, 0.1) is 6.33 Å². The Kier molecular flexibility index (Phi) is 2.86. The third kappa shape index (κ3) is 2.09. The molecule has 0 N–H and O–H groups in total. The van der Waals surface area contributed by atoms with Crippen molar-refractivity contribution in [2.75, 3.05) is 0 Å². The summed E-state index contributed by atoms with van der Waals surface area (Å²) in [6, 6.07) is 8.54. The van der Waals surface area contributed by atoms with Gasteiger partial charge in [-0.05, 0) is 30.0 Å². The van der Waals surface area contributed by atoms with Gasteiger partial charge in [0.1, 0.15) is 0 Å². The summed E-state index contributed by atoms with van der Waals surface area (Å²) in [4.78, 5) is 3.93. The highest BCUT2D eigenvalue weighted by atomic mass is 15.0. The van der Waals surface area contributed by atoms with E-state index in [9.17, 15) is 0 Å². The van der Waals surface area contributed by atoms with Crippen molar-refractivity contribution in [3.63, 3.8) is 0 Å². The molecule has 0 amide bonds. The molecule has 1 aromatic carbocycles. The minimum atomic E-state index is 0.605. The van der Waals surface area contributed by atoms with Gasteiger partial charge in [0.15, 0.2) is 6.33 Å². The van der Waals surface area contributed by atoms with Crippen LogP contribution in [0.15, 0.2) is 36.7 Å². The molecule has 0 bridgehead atoms. The monoisotopic (exact) mass is 199 g/mol. The highest BCUT2D eigenvalue weighted by Gasteiger charge is 2.04. The molecule has 2 aromatic rings. The third-order valence-electron chi connectivity index (χ3n) is 2.79. The summed E-state index contributed by atoms with van der Waals surface area (Å²) in [5.74, 6) is 0.605. The molecule has 2 nitrogen and oxygen atoms in total. The van der Waals surface area contributed by atoms with E-state index in [1.807, 2.05) is 10.8 Å². The SMILES string of the molecule is CCC(C)c1cccc(-n2[c]ncc2)c1. The Morgan fingerprint density at radius 2 is 2.33 bits per heavy atom. The van der Waals surface area contributed by atoms with E-state index in [0.717, 1.165) is 12.1 Å². The molecule has 77 valence electrons. The number of rotatable bonds is 3. The summed E-state index contributed by atoms with van der Waals surface area (Å²) >= 11 is 0. The maximum Gasteiger partial charge on any atom is 0.181 e. The number of hydrogen-bond donors (Lipinski definition) is 0. The second kappa shape index (κ2) is 4.30. The van der Waals surface area contributed by atoms with Crippen LogP contribution in [0.5, 0.6) is 0 Å². The van der Waals surface area contributed by atoms with Crippen LogP contribution < -0.4 is 0 Å². The molecule has 0 spiro atoms. The van der Waals surface area contributed by atoms with Gasteiger partial charge < -0.3 is 0 Å². The number of hydrogen-bond acceptors (Lipinski definition) is 1. The van der Waals surface area contributed by atoms with E-state index < -0.39 is 0 Å². The van der Waals surface area contributed by atoms with E-state index in [-0.39, 0.29) is 0 Å². The van der Waals surface area contributed by atoms with Gasteiger partial charge in [0.25, 0.3) is 0 Å². The van der Waals surface area contributed by atoms with Gasteiger partial charge in [0, 0.05) is 18.1 Å². The minimum absolute atomic E-state index is 0.605. The predicted molar refractivity (Wildman–Crippen MR) is 61.1 cm³/mol. The molecule has 0 aliphatic rings. The normalized spacial score (nSPS) is 12.7. The molecule has 1 radical (unpaired) electrons. The van der Waals surface area contributed by atoms with Crippen LogP contribution in [0.25, 0.3) is 5.69 Å². The zero-order valence-corrected chi connectivity index (χ0v) is 9.14. The van der Waals surface area contributed by atoms with E-state index in [1.165, 1.54) is 5.56 Å². The van der Waals surface area contributed by atoms with Gasteiger partial charge in [-0.1, -0.05) is 26.0 Å². The second-order valence-electron chi connectivity index (χ2n) is 3.80. The third-order valence-corrected chi connectivity index (χ3v) is 2.79. The largest absolute Gasteiger partial charge is 0.297 e. The van der Waals surface area contributed by atoms with E-state index >= 15 is 0 Å². The first-order chi connectivity index (χ1) is 7.31. The van der Waals surface area contributed by atoms with E-state index in [1.54, 1.807) is 6.20 Å². The molecule has 0 aliphatic carbocycles. The fourth-order valence-corrected chi connectivity index (χ4v) is 1.59. The van der Waals surface area contributed by atoms with Gasteiger partial charge in [0.05, 0.1) is 0 Å². The second-order valence-corrected chi connectivity index (χ2v) is 3.80. The van der Waals surface area contributed by atoms with Gasteiger partial charge in [-0.2, -0.15) is 0 Å². The first kappa shape index (κ1) is 9.97. The van der Waals surface area contributed by atoms with Gasteiger partial charge in [0.2, 0.25) is 0 Å². The van der Waals surface area contributed by atoms with Crippen molar-refractivity contribution in [3.8, 4) is 5.69 Å². The summed E-state index contributed by atoms with van der Waals surface area (Å²) in [6.07, 6.45) is 7.73. The predicted octanol–water partition coefficient (Wildman–Crippen LogP) is 3.19. The van der Waals surface area contributed by atoms with Crippen molar-refractivity contribution in [3.05, 3.63) is 48.5 Å². The number of benzene rings is 1. The van der Waals surface area contributed by atoms with Crippen molar-refractivity contribution < 1.29 is 0 Å². The fourth-order valence-electron chi connectivity index (χ4n) is 1.59. The highest BCUT2D eigenvalue weighted by Crippen LogP contribution is 2.20. The standard InChI is InChI=1S/C13H15N2/c1-3-11(2)12-5-4-6-13(9-12)15-8-7-14-10-15/h4-9,11H,3H2,1-2H3. The van der Waals surface area contributed by atoms with Crippen molar-refractivity contribution >= 4 is 0 Å². The Morgan fingerprint density at radius 1 is 1.47 bits per heavy atom. The zero-order valence-electron chi connectivity index (χ0n) is 9.14. The summed E-state index contributed by atoms with van der Waals surface area (Å²) in [7, 11) is 0. The smallest absolute Gasteiger partial charge is 0.181 e. The molecule has 2 rings (SSSR count). The van der Waals surface area contributed by atoms with Crippen LogP contribution in [0.3, 0.4) is 0 Å². The Hall–Kier alpha value is -1.57. The first-order valence-electron chi connectivity index (χ1n) is 5.32. The molecule has 0 fully saturated rings. The quantitative estimate of drug-likeness (QED) is 0.742. The molecule has 0 saturated carbocycles. The summed E-state index contributed by atoms with van der Waals surface area (Å²) in [6.45, 7) is 4.46. The van der Waals surface area contributed by atoms with Gasteiger partial charge in [-0.15, -0.1) is 0 Å². The lowest BCUT2D eigenvalue weighted by atomic mass is 9.98. The van der Waals surface area contributed by atoms with E-state index in [2.05, 4.69) is 49.4 Å². The average molecular weight is 199 g/mol. The maximum atomic E-state index is 3.93. The molecule has 0 saturated heterocycles. The minimum Gasteiger partial charge on any atom is -0.297 e. The maximum absolute atomic E-state index is 3.93. The van der Waals surface area contributed by atoms with Crippen LogP contribution >= 0.6 is 0 Å². The van der Waals surface area contributed by atoms with Crippen LogP contribution in [-0.4, -0.2) is 9.55 Å². The summed E-state index contributed by atoms with van der Waals surface area (Å²) < 4.78 is 1.91. The lowest BCUT2D eigenvalue weighted by molar-refractivity contribution is 0.732. The van der Waals surface area contributed by atoms with Crippen molar-refractivity contribution in [2.24, 2.45) is 0 Å². The van der Waals surface area contributed by atoms with Crippen molar-refractivity contribution in [1.82, 2.24) is 9.55 Å². The van der Waals surface area contributed by atoms with E-state index in [4.69, 9.17) is 0 Å². The Labute approximate surface area is 90.6 Å². The molecule has 1 aromatic heterocycles. The number of nitrogens with zero attached hydrogens (tertiary/aromatic N) is 2. The van der Waals surface area contributed by atoms with Crippen LogP contribution in [0.2, 0.25) is 0 Å². The average Bonchev–Trinajstić information content (AvgIpc) is 2.82. The molecule has 2 heteroatoms. The van der Waals surface area contributed by atoms with E-state index in [0.29, 0.717) is 5.92 Å². The fraction of sp³-hybridized carbons (Fsp3) is 0.308. The van der Waals surface area contributed by atoms with Crippen LogP contribution in [0.1, 0.15) is 31.7 Å². The molecule has 0 aliphatic heterocycles. The molecule has 1 heterocycles. The Bertz CT molecular complexity index is 418. The van der Waals surface area contributed by atoms with Gasteiger partial charge >= 0.3 is 0 Å². The first-order valence-corrected chi connectivity index (χ1v) is 5.32. The molecular weight excluding hydrogens is 184 g/mol. The lowest BCUT2D eigenvalue weighted by Gasteiger charge is -2.10. The molecular formula is C13H15N2. The summed E-state index contributed by atoms with van der Waals surface area (Å²) in [5.41, 5.74) is 2.50. The Morgan fingerprint density at radius 3 is 3.00 bits per heavy atom. The summed E-state index contributed by atoms with van der Waals surface area (Å²) in [5, 5.41) is 0. The van der Waals surface area contributed by atoms with Gasteiger partial charge in [-0.3, -0.25) is 4.57 Å². The van der Waals surface area contributed by atoms with Crippen molar-refractivity contribution in [1.29, 1.82) is 0 Å². The topological polar surface area (TPSA) is 17.8 Å². The van der Waals surface area contributed by atoms with Gasteiger partial charge in [-0.25, -0.2) is 4.98 Å². The van der Waals surface area contributed by atoms with Crippen molar-refractivity contribution in [2.45, 2.75) is 26.2 Å². The van der Waals surface area contributed by atoms with Crippen LogP contribution in [-0.2, 0) is 0 Å². The number of aromatic nitrogens is 2. The number of imidazole rings is 1. The molecule has 15 heavy (non-hydrogen) atoms.